The molecule has 0 aromatic carbocycles. The molecule has 0 aromatic heterocycles. The molecule has 2 aliphatic rings. The highest BCUT2D eigenvalue weighted by atomic mass is 16.2. The summed E-state index contributed by atoms with van der Waals surface area (Å²) in [6, 6.07) is -0.128. The monoisotopic (exact) mass is 197 g/mol. The van der Waals surface area contributed by atoms with Crippen LogP contribution in [0.15, 0.2) is 0 Å². The van der Waals surface area contributed by atoms with Gasteiger partial charge >= 0.3 is 6.03 Å². The molecule has 14 heavy (non-hydrogen) atoms. The Kier molecular flexibility index (Phi) is 2.31. The summed E-state index contributed by atoms with van der Waals surface area (Å²) in [5.74, 6) is -0.0375. The topological polar surface area (TPSA) is 61.4 Å². The Morgan fingerprint density at radius 3 is 2.86 bits per heavy atom. The lowest BCUT2D eigenvalue weighted by atomic mass is 10.3. The molecule has 2 rings (SSSR count). The maximum atomic E-state index is 11.6. The average Bonchev–Trinajstić information content (AvgIpc) is 2.86. The molecular formula is C9H15N3O2. The first kappa shape index (κ1) is 9.30. The van der Waals surface area contributed by atoms with Gasteiger partial charge in [-0.15, -0.1) is 0 Å². The third kappa shape index (κ3) is 1.81. The lowest BCUT2D eigenvalue weighted by molar-refractivity contribution is -0.124. The van der Waals surface area contributed by atoms with Gasteiger partial charge in [-0.1, -0.05) is 0 Å². The zero-order valence-electron chi connectivity index (χ0n) is 8.25. The summed E-state index contributed by atoms with van der Waals surface area (Å²) < 4.78 is 0. The summed E-state index contributed by atoms with van der Waals surface area (Å²) >= 11 is 0. The fourth-order valence-electron chi connectivity index (χ4n) is 1.55. The van der Waals surface area contributed by atoms with Crippen molar-refractivity contribution in [3.8, 4) is 0 Å². The predicted octanol–water partition coefficient (Wildman–Crippen LogP) is -0.321. The molecule has 0 spiro atoms. The van der Waals surface area contributed by atoms with E-state index >= 15 is 0 Å². The van der Waals surface area contributed by atoms with Gasteiger partial charge in [-0.05, 0) is 19.8 Å². The normalized spacial score (nSPS) is 23.2. The molecule has 2 N–H and O–H groups in total. The summed E-state index contributed by atoms with van der Waals surface area (Å²) in [4.78, 5) is 24.4. The quantitative estimate of drug-likeness (QED) is 0.651. The number of rotatable bonds is 3. The number of hydrogen-bond acceptors (Lipinski definition) is 2. The van der Waals surface area contributed by atoms with Crippen LogP contribution in [0.5, 0.6) is 0 Å². The van der Waals surface area contributed by atoms with Gasteiger partial charge in [-0.25, -0.2) is 4.79 Å². The fraction of sp³-hybridized carbons (Fsp3) is 0.778. The van der Waals surface area contributed by atoms with Crippen LogP contribution in [0.4, 0.5) is 4.79 Å². The molecule has 0 bridgehead atoms. The van der Waals surface area contributed by atoms with Gasteiger partial charge in [0.05, 0.1) is 0 Å². The number of carbonyl (C=O) groups excluding carboxylic acids is 2. The number of amides is 3. The zero-order chi connectivity index (χ0) is 10.1. The maximum Gasteiger partial charge on any atom is 0.318 e. The van der Waals surface area contributed by atoms with Crippen LogP contribution in [0.2, 0.25) is 0 Å². The second-order valence-corrected chi connectivity index (χ2v) is 3.88. The van der Waals surface area contributed by atoms with Gasteiger partial charge in [0, 0.05) is 19.1 Å². The van der Waals surface area contributed by atoms with E-state index in [2.05, 4.69) is 10.6 Å². The Bertz CT molecular complexity index is 263. The van der Waals surface area contributed by atoms with Crippen molar-refractivity contribution in [1.29, 1.82) is 0 Å². The molecule has 1 aliphatic heterocycles. The van der Waals surface area contributed by atoms with Crippen molar-refractivity contribution in [1.82, 2.24) is 15.5 Å². The van der Waals surface area contributed by atoms with Gasteiger partial charge in [-0.3, -0.25) is 4.79 Å². The molecule has 3 amide bonds. The first-order chi connectivity index (χ1) is 6.68. The third-order valence-electron chi connectivity index (χ3n) is 2.66. The standard InChI is InChI=1S/C9H15N3O2/c1-6(8(13)11-7-2-3-7)12-5-4-10-9(12)14/h6-7H,2-5H2,1H3,(H,10,14)(H,11,13). The molecule has 0 aromatic rings. The zero-order valence-corrected chi connectivity index (χ0v) is 8.25. The Balaban J connectivity index is 1.88. The van der Waals surface area contributed by atoms with Gasteiger partial charge in [0.2, 0.25) is 5.91 Å². The summed E-state index contributed by atoms with van der Waals surface area (Å²) in [6.07, 6.45) is 2.15. The molecule has 5 heteroatoms. The van der Waals surface area contributed by atoms with Crippen LogP contribution in [0.3, 0.4) is 0 Å². The Hall–Kier alpha value is -1.26. The minimum absolute atomic E-state index is 0.0375. The minimum atomic E-state index is -0.349. The van der Waals surface area contributed by atoms with E-state index in [4.69, 9.17) is 0 Å². The molecule has 1 unspecified atom stereocenters. The van der Waals surface area contributed by atoms with Crippen LogP contribution in [0.25, 0.3) is 0 Å². The van der Waals surface area contributed by atoms with Crippen molar-refractivity contribution < 1.29 is 9.59 Å². The number of nitrogens with zero attached hydrogens (tertiary/aromatic N) is 1. The number of nitrogens with one attached hydrogen (secondary N) is 2. The summed E-state index contributed by atoms with van der Waals surface area (Å²) in [5, 5.41) is 5.57. The molecule has 1 heterocycles. The molecule has 2 fully saturated rings. The van der Waals surface area contributed by atoms with Gasteiger partial charge < -0.3 is 15.5 Å². The van der Waals surface area contributed by atoms with Crippen LogP contribution < -0.4 is 10.6 Å². The Morgan fingerprint density at radius 2 is 2.36 bits per heavy atom. The van der Waals surface area contributed by atoms with Gasteiger partial charge in [0.15, 0.2) is 0 Å². The second kappa shape index (κ2) is 3.48. The molecule has 78 valence electrons. The maximum absolute atomic E-state index is 11.6. The van der Waals surface area contributed by atoms with Crippen molar-refractivity contribution in [2.24, 2.45) is 0 Å². The van der Waals surface area contributed by atoms with E-state index < -0.39 is 0 Å². The van der Waals surface area contributed by atoms with E-state index in [1.54, 1.807) is 11.8 Å². The second-order valence-electron chi connectivity index (χ2n) is 3.88. The van der Waals surface area contributed by atoms with Crippen molar-refractivity contribution >= 4 is 11.9 Å². The van der Waals surface area contributed by atoms with Gasteiger partial charge in [0.25, 0.3) is 0 Å². The van der Waals surface area contributed by atoms with Crippen molar-refractivity contribution in [3.63, 3.8) is 0 Å². The molecular weight excluding hydrogens is 182 g/mol. The molecule has 1 saturated heterocycles. The molecule has 1 saturated carbocycles. The Morgan fingerprint density at radius 1 is 1.64 bits per heavy atom. The van der Waals surface area contributed by atoms with Crippen LogP contribution in [-0.4, -0.2) is 42.0 Å². The lowest BCUT2D eigenvalue weighted by Crippen LogP contribution is -2.47. The van der Waals surface area contributed by atoms with Crippen LogP contribution in [-0.2, 0) is 4.79 Å². The van der Waals surface area contributed by atoms with Gasteiger partial charge in [0.1, 0.15) is 6.04 Å². The Labute approximate surface area is 82.8 Å². The third-order valence-corrected chi connectivity index (χ3v) is 2.66. The summed E-state index contributed by atoms with van der Waals surface area (Å²) in [6.45, 7) is 3.03. The smallest absolute Gasteiger partial charge is 0.318 e. The summed E-state index contributed by atoms with van der Waals surface area (Å²) in [5.41, 5.74) is 0. The van der Waals surface area contributed by atoms with Crippen molar-refractivity contribution in [3.05, 3.63) is 0 Å². The average molecular weight is 197 g/mol. The highest BCUT2D eigenvalue weighted by Crippen LogP contribution is 2.19. The predicted molar refractivity (Wildman–Crippen MR) is 50.7 cm³/mol. The van der Waals surface area contributed by atoms with Gasteiger partial charge in [-0.2, -0.15) is 0 Å². The van der Waals surface area contributed by atoms with Crippen molar-refractivity contribution in [2.75, 3.05) is 13.1 Å². The SMILES string of the molecule is CC(C(=O)NC1CC1)N1CCNC1=O. The number of hydrogen-bond donors (Lipinski definition) is 2. The van der Waals surface area contributed by atoms with E-state index in [0.29, 0.717) is 19.1 Å². The van der Waals surface area contributed by atoms with Crippen LogP contribution >= 0.6 is 0 Å². The molecule has 0 radical (unpaired) electrons. The highest BCUT2D eigenvalue weighted by Gasteiger charge is 2.32. The highest BCUT2D eigenvalue weighted by molar-refractivity contribution is 5.87. The minimum Gasteiger partial charge on any atom is -0.352 e. The first-order valence-corrected chi connectivity index (χ1v) is 5.03. The first-order valence-electron chi connectivity index (χ1n) is 5.03. The lowest BCUT2D eigenvalue weighted by Gasteiger charge is -2.21. The van der Waals surface area contributed by atoms with E-state index in [0.717, 1.165) is 12.8 Å². The molecule has 1 aliphatic carbocycles. The van der Waals surface area contributed by atoms with E-state index in [9.17, 15) is 9.59 Å². The van der Waals surface area contributed by atoms with E-state index in [-0.39, 0.29) is 18.0 Å². The van der Waals surface area contributed by atoms with Crippen LogP contribution in [0, 0.1) is 0 Å². The van der Waals surface area contributed by atoms with Crippen LogP contribution in [0.1, 0.15) is 19.8 Å². The summed E-state index contributed by atoms with van der Waals surface area (Å²) in [7, 11) is 0. The van der Waals surface area contributed by atoms with E-state index in [1.807, 2.05) is 0 Å². The molecule has 5 nitrogen and oxygen atoms in total. The molecule has 1 atom stereocenters. The number of urea groups is 1. The largest absolute Gasteiger partial charge is 0.352 e. The van der Waals surface area contributed by atoms with Crippen molar-refractivity contribution in [2.45, 2.75) is 31.8 Å². The van der Waals surface area contributed by atoms with E-state index in [1.165, 1.54) is 0 Å². The fourth-order valence-corrected chi connectivity index (χ4v) is 1.55. The number of carbonyl (C=O) groups is 2.